The monoisotopic (exact) mass is 402 g/mol. The lowest BCUT2D eigenvalue weighted by atomic mass is 10.1. The van der Waals surface area contributed by atoms with E-state index >= 15 is 0 Å². The van der Waals surface area contributed by atoms with E-state index in [1.165, 1.54) is 20.0 Å². The molecule has 29 heavy (non-hydrogen) atoms. The summed E-state index contributed by atoms with van der Waals surface area (Å²) in [5.41, 5.74) is 0.605. The first-order valence-corrected chi connectivity index (χ1v) is 10.3. The average molecular weight is 402 g/mol. The van der Waals surface area contributed by atoms with Gasteiger partial charge in [-0.05, 0) is 43.7 Å². The fourth-order valence-corrected chi connectivity index (χ4v) is 3.86. The van der Waals surface area contributed by atoms with Crippen molar-refractivity contribution in [3.63, 3.8) is 0 Å². The normalized spacial score (nSPS) is 21.6. The van der Waals surface area contributed by atoms with Gasteiger partial charge in [0.25, 0.3) is 5.91 Å². The molecule has 2 fully saturated rings. The molecule has 3 rings (SSSR count). The van der Waals surface area contributed by atoms with Crippen LogP contribution in [0.2, 0.25) is 0 Å². The van der Waals surface area contributed by atoms with Gasteiger partial charge in [0.15, 0.2) is 0 Å². The van der Waals surface area contributed by atoms with Crippen LogP contribution in [0, 0.1) is 5.92 Å². The van der Waals surface area contributed by atoms with Crippen LogP contribution >= 0.6 is 0 Å². The molecule has 0 aromatic carbocycles. The largest absolute Gasteiger partial charge is 0.469 e. The Morgan fingerprint density at radius 1 is 1.10 bits per heavy atom. The van der Waals surface area contributed by atoms with Crippen molar-refractivity contribution in [3.05, 3.63) is 30.1 Å². The highest BCUT2D eigenvalue weighted by Gasteiger charge is 2.38. The van der Waals surface area contributed by atoms with Gasteiger partial charge in [-0.25, -0.2) is 0 Å². The van der Waals surface area contributed by atoms with Gasteiger partial charge in [-0.3, -0.25) is 24.3 Å². The number of nitrogens with zero attached hydrogens (tertiary/aromatic N) is 2. The molecule has 0 unspecified atom stereocenters. The van der Waals surface area contributed by atoms with Gasteiger partial charge in [0, 0.05) is 56.1 Å². The van der Waals surface area contributed by atoms with Gasteiger partial charge in [-0.2, -0.15) is 0 Å². The maximum Gasteiger partial charge on any atom is 0.307 e. The Balaban J connectivity index is 1.49. The lowest BCUT2D eigenvalue weighted by molar-refractivity contribution is -0.140. The first-order valence-electron chi connectivity index (χ1n) is 10.3. The zero-order valence-corrected chi connectivity index (χ0v) is 16.9. The molecular weight excluding hydrogens is 372 g/mol. The Hall–Kier alpha value is -2.48. The van der Waals surface area contributed by atoms with E-state index in [0.717, 1.165) is 19.4 Å². The van der Waals surface area contributed by atoms with Crippen LogP contribution < -0.4 is 10.6 Å². The Morgan fingerprint density at radius 2 is 1.83 bits per heavy atom. The number of carbonyl (C=O) groups is 3. The highest BCUT2D eigenvalue weighted by molar-refractivity contribution is 5.93. The smallest absolute Gasteiger partial charge is 0.307 e. The third-order valence-electron chi connectivity index (χ3n) is 5.68. The summed E-state index contributed by atoms with van der Waals surface area (Å²) in [5.74, 6) is 0.242. The lowest BCUT2D eigenvalue weighted by Gasteiger charge is -2.30. The van der Waals surface area contributed by atoms with Crippen LogP contribution in [0.1, 0.15) is 48.9 Å². The number of hydrogen-bond acceptors (Lipinski definition) is 6. The van der Waals surface area contributed by atoms with Gasteiger partial charge >= 0.3 is 5.97 Å². The zero-order valence-electron chi connectivity index (χ0n) is 16.9. The molecule has 1 aromatic heterocycles. The van der Waals surface area contributed by atoms with Gasteiger partial charge < -0.3 is 15.4 Å². The Kier molecular flexibility index (Phi) is 7.57. The highest BCUT2D eigenvalue weighted by Crippen LogP contribution is 2.35. The molecule has 0 bridgehead atoms. The minimum absolute atomic E-state index is 0.0406. The van der Waals surface area contributed by atoms with Gasteiger partial charge in [-0.1, -0.05) is 0 Å². The number of methoxy groups -OCH3 is 1. The number of rotatable bonds is 10. The molecule has 2 aliphatic rings. The van der Waals surface area contributed by atoms with Crippen molar-refractivity contribution in [1.29, 1.82) is 0 Å². The summed E-state index contributed by atoms with van der Waals surface area (Å²) in [6, 6.07) is 3.83. The van der Waals surface area contributed by atoms with Crippen molar-refractivity contribution < 1.29 is 19.1 Å². The first kappa shape index (κ1) is 21.2. The van der Waals surface area contributed by atoms with Crippen molar-refractivity contribution in [2.24, 2.45) is 5.92 Å². The summed E-state index contributed by atoms with van der Waals surface area (Å²) < 4.78 is 4.59. The second-order valence-corrected chi connectivity index (χ2v) is 7.85. The number of pyridine rings is 1. The molecule has 1 aliphatic heterocycles. The SMILES string of the molecule is COC(=O)CCNC(=O)C[C@H]1CC[C@@H](CNC(=O)c2ccncc2)N1CC1CC1. The summed E-state index contributed by atoms with van der Waals surface area (Å²) in [6.07, 6.45) is 8.20. The molecular formula is C21H30N4O4. The molecule has 1 saturated carbocycles. The van der Waals surface area contributed by atoms with E-state index in [1.807, 2.05) is 0 Å². The van der Waals surface area contributed by atoms with Crippen molar-refractivity contribution in [1.82, 2.24) is 20.5 Å². The van der Waals surface area contributed by atoms with E-state index in [0.29, 0.717) is 31.0 Å². The number of nitrogens with one attached hydrogen (secondary N) is 2. The van der Waals surface area contributed by atoms with Crippen LogP contribution in [0.25, 0.3) is 0 Å². The Morgan fingerprint density at radius 3 is 2.52 bits per heavy atom. The van der Waals surface area contributed by atoms with Crippen LogP contribution in [0.3, 0.4) is 0 Å². The van der Waals surface area contributed by atoms with E-state index in [4.69, 9.17) is 0 Å². The number of hydrogen-bond donors (Lipinski definition) is 2. The topological polar surface area (TPSA) is 101 Å². The van der Waals surface area contributed by atoms with Crippen molar-refractivity contribution in [2.45, 2.75) is 50.6 Å². The number of carbonyl (C=O) groups excluding carboxylic acids is 3. The zero-order chi connectivity index (χ0) is 20.6. The molecule has 1 aromatic rings. The summed E-state index contributed by atoms with van der Waals surface area (Å²) >= 11 is 0. The van der Waals surface area contributed by atoms with Gasteiger partial charge in [-0.15, -0.1) is 0 Å². The van der Waals surface area contributed by atoms with Crippen molar-refractivity contribution in [2.75, 3.05) is 26.7 Å². The third kappa shape index (κ3) is 6.52. The van der Waals surface area contributed by atoms with Crippen LogP contribution in [0.5, 0.6) is 0 Å². The van der Waals surface area contributed by atoms with Crippen molar-refractivity contribution >= 4 is 17.8 Å². The number of likely N-dealkylation sites (tertiary alicyclic amines) is 1. The second-order valence-electron chi connectivity index (χ2n) is 7.85. The van der Waals surface area contributed by atoms with E-state index in [1.54, 1.807) is 24.5 Å². The Labute approximate surface area is 171 Å². The lowest BCUT2D eigenvalue weighted by Crippen LogP contribution is -2.45. The van der Waals surface area contributed by atoms with E-state index in [2.05, 4.69) is 25.3 Å². The molecule has 0 radical (unpaired) electrons. The molecule has 1 aliphatic carbocycles. The van der Waals surface area contributed by atoms with Crippen LogP contribution in [-0.4, -0.2) is 66.5 Å². The van der Waals surface area contributed by atoms with Crippen LogP contribution in [0.4, 0.5) is 0 Å². The third-order valence-corrected chi connectivity index (χ3v) is 5.68. The van der Waals surface area contributed by atoms with Crippen LogP contribution in [0.15, 0.2) is 24.5 Å². The quantitative estimate of drug-likeness (QED) is 0.569. The number of amides is 2. The molecule has 0 spiro atoms. The standard InChI is InChI=1S/C21H30N4O4/c1-29-20(27)8-11-23-19(26)12-17-4-5-18(25(17)14-15-2-3-15)13-24-21(28)16-6-9-22-10-7-16/h6-7,9-10,15,17-18H,2-5,8,11-14H2,1H3,(H,23,26)(H,24,28)/t17-,18+/m1/s1. The molecule has 8 nitrogen and oxygen atoms in total. The van der Waals surface area contributed by atoms with Gasteiger partial charge in [0.2, 0.25) is 5.91 Å². The maximum absolute atomic E-state index is 12.3. The molecule has 158 valence electrons. The van der Waals surface area contributed by atoms with E-state index < -0.39 is 0 Å². The Bertz CT molecular complexity index is 708. The molecule has 2 heterocycles. The molecule has 2 atom stereocenters. The summed E-state index contributed by atoms with van der Waals surface area (Å²) in [4.78, 5) is 42.2. The average Bonchev–Trinajstić information content (AvgIpc) is 3.48. The fourth-order valence-electron chi connectivity index (χ4n) is 3.86. The van der Waals surface area contributed by atoms with Crippen molar-refractivity contribution in [3.8, 4) is 0 Å². The molecule has 8 heteroatoms. The predicted molar refractivity (Wildman–Crippen MR) is 107 cm³/mol. The number of ether oxygens (including phenoxy) is 1. The second kappa shape index (κ2) is 10.3. The van der Waals surface area contributed by atoms with Gasteiger partial charge in [0.05, 0.1) is 13.5 Å². The van der Waals surface area contributed by atoms with Crippen LogP contribution in [-0.2, 0) is 14.3 Å². The number of aromatic nitrogens is 1. The minimum atomic E-state index is -0.327. The highest BCUT2D eigenvalue weighted by atomic mass is 16.5. The summed E-state index contributed by atoms with van der Waals surface area (Å²) in [7, 11) is 1.34. The van der Waals surface area contributed by atoms with Gasteiger partial charge in [0.1, 0.15) is 0 Å². The first-order chi connectivity index (χ1) is 14.1. The number of esters is 1. The fraction of sp³-hybridized carbons (Fsp3) is 0.619. The molecule has 2 amide bonds. The maximum atomic E-state index is 12.3. The van der Waals surface area contributed by atoms with E-state index in [-0.39, 0.29) is 36.3 Å². The summed E-state index contributed by atoms with van der Waals surface area (Å²) in [5, 5.41) is 5.84. The predicted octanol–water partition coefficient (Wildman–Crippen LogP) is 1.12. The van der Waals surface area contributed by atoms with E-state index in [9.17, 15) is 14.4 Å². The summed E-state index contributed by atoms with van der Waals surface area (Å²) in [6.45, 7) is 1.86. The minimum Gasteiger partial charge on any atom is -0.469 e. The molecule has 1 saturated heterocycles. The molecule has 2 N–H and O–H groups in total.